The van der Waals surface area contributed by atoms with E-state index in [-0.39, 0.29) is 23.8 Å². The number of aliphatic hydroxyl groups excluding tert-OH is 1. The molecule has 0 spiro atoms. The molecule has 1 aliphatic heterocycles. The zero-order valence-electron chi connectivity index (χ0n) is 13.4. The number of nitrogens with zero attached hydrogens (tertiary/aromatic N) is 1. The average Bonchev–Trinajstić information content (AvgIpc) is 2.93. The third-order valence-electron chi connectivity index (χ3n) is 4.24. The summed E-state index contributed by atoms with van der Waals surface area (Å²) in [5, 5.41) is 12.0. The normalized spacial score (nSPS) is 24.0. The van der Waals surface area contributed by atoms with Crippen LogP contribution in [0.5, 0.6) is 0 Å². The fourth-order valence-electron chi connectivity index (χ4n) is 2.77. The number of piperidine rings is 1. The molecule has 22 heavy (non-hydrogen) atoms. The largest absolute Gasteiger partial charge is 0.462 e. The Balaban J connectivity index is 1.88. The van der Waals surface area contributed by atoms with E-state index in [0.717, 1.165) is 12.2 Å². The Hall–Kier alpha value is -0.890. The molecule has 1 aromatic heterocycles. The van der Waals surface area contributed by atoms with Crippen LogP contribution in [0.2, 0.25) is 0 Å². The minimum absolute atomic E-state index is 0.0954. The van der Waals surface area contributed by atoms with Gasteiger partial charge in [-0.05, 0) is 38.3 Å². The first-order valence-corrected chi connectivity index (χ1v) is 9.25. The highest BCUT2D eigenvalue weighted by atomic mass is 32.2. The number of sulfonamides is 1. The third kappa shape index (κ3) is 3.90. The van der Waals surface area contributed by atoms with E-state index in [1.807, 2.05) is 6.07 Å². The van der Waals surface area contributed by atoms with E-state index < -0.39 is 10.0 Å². The molecule has 126 valence electrons. The maximum absolute atomic E-state index is 12.2. The summed E-state index contributed by atoms with van der Waals surface area (Å²) in [5.74, 6) is 1.59. The van der Waals surface area contributed by atoms with Gasteiger partial charge in [-0.15, -0.1) is 0 Å². The van der Waals surface area contributed by atoms with Gasteiger partial charge in [-0.2, -0.15) is 0 Å². The first-order valence-electron chi connectivity index (χ1n) is 7.75. The molecule has 1 aliphatic rings. The molecule has 1 saturated heterocycles. The van der Waals surface area contributed by atoms with Crippen molar-refractivity contribution in [2.75, 3.05) is 13.1 Å². The van der Waals surface area contributed by atoms with Gasteiger partial charge >= 0.3 is 0 Å². The minimum atomic E-state index is -3.16. The summed E-state index contributed by atoms with van der Waals surface area (Å²) in [4.78, 5) is 0. The Morgan fingerprint density at radius 3 is 2.64 bits per heavy atom. The van der Waals surface area contributed by atoms with Crippen LogP contribution < -0.4 is 5.32 Å². The summed E-state index contributed by atoms with van der Waals surface area (Å²) >= 11 is 0. The minimum Gasteiger partial charge on any atom is -0.462 e. The lowest BCUT2D eigenvalue weighted by atomic mass is 9.95. The van der Waals surface area contributed by atoms with Crippen LogP contribution >= 0.6 is 0 Å². The van der Waals surface area contributed by atoms with Gasteiger partial charge in [-0.3, -0.25) is 0 Å². The molecule has 0 amide bonds. The fraction of sp³-hybridized carbons (Fsp3) is 0.733. The second-order valence-electron chi connectivity index (χ2n) is 6.23. The molecular weight excluding hydrogens is 304 g/mol. The van der Waals surface area contributed by atoms with Gasteiger partial charge in [0.1, 0.15) is 18.1 Å². The van der Waals surface area contributed by atoms with Gasteiger partial charge in [0.05, 0.1) is 11.8 Å². The fourth-order valence-corrected chi connectivity index (χ4v) is 4.17. The molecule has 2 N–H and O–H groups in total. The molecular formula is C15H26N2O4S. The predicted molar refractivity (Wildman–Crippen MR) is 84.7 cm³/mol. The monoisotopic (exact) mass is 330 g/mol. The Bertz CT molecular complexity index is 582. The quantitative estimate of drug-likeness (QED) is 0.822. The van der Waals surface area contributed by atoms with Gasteiger partial charge in [0, 0.05) is 19.1 Å². The van der Waals surface area contributed by atoms with Crippen LogP contribution in [0.1, 0.15) is 38.7 Å². The zero-order valence-corrected chi connectivity index (χ0v) is 14.3. The lowest BCUT2D eigenvalue weighted by Crippen LogP contribution is -2.51. The molecule has 1 aromatic rings. The van der Waals surface area contributed by atoms with Gasteiger partial charge in [0.25, 0.3) is 0 Å². The highest BCUT2D eigenvalue weighted by Gasteiger charge is 2.33. The van der Waals surface area contributed by atoms with Crippen LogP contribution in [0.15, 0.2) is 16.5 Å². The second-order valence-corrected chi connectivity index (χ2v) is 8.72. The molecule has 0 aromatic carbocycles. The summed E-state index contributed by atoms with van der Waals surface area (Å²) in [6, 6.07) is 3.88. The summed E-state index contributed by atoms with van der Waals surface area (Å²) in [6.45, 7) is 7.12. The number of nitrogens with one attached hydrogen (secondary N) is 1. The lowest BCUT2D eigenvalue weighted by molar-refractivity contribution is 0.211. The summed E-state index contributed by atoms with van der Waals surface area (Å²) < 4.78 is 31.5. The third-order valence-corrected chi connectivity index (χ3v) is 6.48. The van der Waals surface area contributed by atoms with Crippen molar-refractivity contribution in [1.82, 2.24) is 9.62 Å². The van der Waals surface area contributed by atoms with E-state index in [1.54, 1.807) is 24.2 Å². The first kappa shape index (κ1) is 17.5. The molecule has 2 rings (SSSR count). The maximum atomic E-state index is 12.2. The summed E-state index contributed by atoms with van der Waals surface area (Å²) in [5.41, 5.74) is 0. The summed E-state index contributed by atoms with van der Waals surface area (Å²) in [7, 11) is -3.16. The zero-order chi connectivity index (χ0) is 16.3. The molecule has 2 heterocycles. The van der Waals surface area contributed by atoms with E-state index in [4.69, 9.17) is 9.52 Å². The van der Waals surface area contributed by atoms with Crippen molar-refractivity contribution >= 4 is 10.0 Å². The Morgan fingerprint density at radius 2 is 2.09 bits per heavy atom. The van der Waals surface area contributed by atoms with E-state index in [9.17, 15) is 8.42 Å². The molecule has 0 aliphatic carbocycles. The van der Waals surface area contributed by atoms with Gasteiger partial charge in [0.15, 0.2) is 0 Å². The average molecular weight is 330 g/mol. The standard InChI is InChI=1S/C15H26N2O4S/c1-11(2)22(19,20)17-7-6-15(12(3)9-17)16-8-13-4-5-14(10-18)21-13/h4-5,11-12,15-16,18H,6-10H2,1-3H3/t12-,15+/m0/s1. The highest BCUT2D eigenvalue weighted by Crippen LogP contribution is 2.22. The molecule has 6 nitrogen and oxygen atoms in total. The Labute approximate surface area is 132 Å². The molecule has 2 atom stereocenters. The SMILES string of the molecule is CC(C)S(=O)(=O)N1CC[C@@H](NCc2ccc(CO)o2)[C@@H](C)C1. The number of rotatable bonds is 6. The molecule has 0 radical (unpaired) electrons. The van der Waals surface area contributed by atoms with Crippen molar-refractivity contribution in [1.29, 1.82) is 0 Å². The van der Waals surface area contributed by atoms with E-state index in [1.165, 1.54) is 0 Å². The van der Waals surface area contributed by atoms with E-state index in [0.29, 0.717) is 25.4 Å². The summed E-state index contributed by atoms with van der Waals surface area (Å²) in [6.07, 6.45) is 0.792. The van der Waals surface area contributed by atoms with Crippen LogP contribution in [0.25, 0.3) is 0 Å². The predicted octanol–water partition coefficient (Wildman–Crippen LogP) is 1.31. The van der Waals surface area contributed by atoms with Crippen molar-refractivity contribution < 1.29 is 17.9 Å². The van der Waals surface area contributed by atoms with Gasteiger partial charge in [-0.25, -0.2) is 12.7 Å². The van der Waals surface area contributed by atoms with Crippen LogP contribution in [0, 0.1) is 5.92 Å². The maximum Gasteiger partial charge on any atom is 0.216 e. The molecule has 0 bridgehead atoms. The lowest BCUT2D eigenvalue weighted by Gasteiger charge is -2.37. The number of aliphatic hydroxyl groups is 1. The van der Waals surface area contributed by atoms with Crippen molar-refractivity contribution in [3.63, 3.8) is 0 Å². The van der Waals surface area contributed by atoms with E-state index >= 15 is 0 Å². The Kier molecular flexibility index (Phi) is 5.65. The smallest absolute Gasteiger partial charge is 0.216 e. The number of hydrogen-bond donors (Lipinski definition) is 2. The first-order chi connectivity index (χ1) is 10.3. The highest BCUT2D eigenvalue weighted by molar-refractivity contribution is 7.89. The molecule has 7 heteroatoms. The van der Waals surface area contributed by atoms with Crippen molar-refractivity contribution in [2.24, 2.45) is 5.92 Å². The number of hydrogen-bond acceptors (Lipinski definition) is 5. The van der Waals surface area contributed by atoms with Crippen LogP contribution in [-0.2, 0) is 23.2 Å². The Morgan fingerprint density at radius 1 is 1.41 bits per heavy atom. The molecule has 0 unspecified atom stereocenters. The van der Waals surface area contributed by atoms with Crippen LogP contribution in [-0.4, -0.2) is 42.2 Å². The van der Waals surface area contributed by atoms with Gasteiger partial charge in [0.2, 0.25) is 10.0 Å². The molecule has 0 saturated carbocycles. The van der Waals surface area contributed by atoms with Gasteiger partial charge in [-0.1, -0.05) is 6.92 Å². The van der Waals surface area contributed by atoms with E-state index in [2.05, 4.69) is 12.2 Å². The number of furan rings is 1. The van der Waals surface area contributed by atoms with Crippen LogP contribution in [0.3, 0.4) is 0 Å². The topological polar surface area (TPSA) is 82.8 Å². The van der Waals surface area contributed by atoms with Crippen molar-refractivity contribution in [3.8, 4) is 0 Å². The van der Waals surface area contributed by atoms with Crippen LogP contribution in [0.4, 0.5) is 0 Å². The molecule has 1 fully saturated rings. The van der Waals surface area contributed by atoms with Crippen molar-refractivity contribution in [2.45, 2.75) is 51.6 Å². The van der Waals surface area contributed by atoms with Crippen molar-refractivity contribution in [3.05, 3.63) is 23.7 Å². The van der Waals surface area contributed by atoms with Gasteiger partial charge < -0.3 is 14.8 Å². The second kappa shape index (κ2) is 7.12.